The molecule has 124 valence electrons. The number of hydrogen-bond donors (Lipinski definition) is 2. The van der Waals surface area contributed by atoms with Gasteiger partial charge in [-0.2, -0.15) is 0 Å². The summed E-state index contributed by atoms with van der Waals surface area (Å²) < 4.78 is 1.43. The molecule has 23 heavy (non-hydrogen) atoms. The van der Waals surface area contributed by atoms with Crippen molar-refractivity contribution in [3.05, 3.63) is 35.7 Å². The Kier molecular flexibility index (Phi) is 6.46. The summed E-state index contributed by atoms with van der Waals surface area (Å²) in [5.74, 6) is 6.71. The van der Waals surface area contributed by atoms with Crippen LogP contribution in [0.25, 0.3) is 0 Å². The van der Waals surface area contributed by atoms with Gasteiger partial charge < -0.3 is 11.2 Å². The molecular formula is C16H23N5OS. The first-order chi connectivity index (χ1) is 11.1. The molecule has 2 rings (SSSR count). The number of nitrogens with one attached hydrogen (secondary N) is 1. The molecule has 0 spiro atoms. The van der Waals surface area contributed by atoms with Crippen molar-refractivity contribution in [2.45, 2.75) is 44.7 Å². The molecule has 0 atom stereocenters. The molecule has 0 aliphatic carbocycles. The van der Waals surface area contributed by atoms with Crippen LogP contribution >= 0.6 is 11.8 Å². The van der Waals surface area contributed by atoms with Gasteiger partial charge >= 0.3 is 0 Å². The second-order valence-corrected chi connectivity index (χ2v) is 6.20. The maximum absolute atomic E-state index is 12.0. The third-order valence-electron chi connectivity index (χ3n) is 3.44. The number of nitrogens with zero attached hydrogens (tertiary/aromatic N) is 3. The Hall–Kier alpha value is -2.02. The third-order valence-corrected chi connectivity index (χ3v) is 4.38. The van der Waals surface area contributed by atoms with Gasteiger partial charge in [0.05, 0.1) is 5.75 Å². The number of rotatable bonds is 8. The number of amides is 1. The van der Waals surface area contributed by atoms with Crippen LogP contribution in [0.15, 0.2) is 29.4 Å². The van der Waals surface area contributed by atoms with Gasteiger partial charge in [0.1, 0.15) is 0 Å². The van der Waals surface area contributed by atoms with Gasteiger partial charge in [-0.15, -0.1) is 10.2 Å². The molecule has 1 amide bonds. The van der Waals surface area contributed by atoms with Crippen LogP contribution in [0.2, 0.25) is 0 Å². The van der Waals surface area contributed by atoms with E-state index in [-0.39, 0.29) is 11.7 Å². The van der Waals surface area contributed by atoms with E-state index in [1.807, 2.05) is 19.1 Å². The lowest BCUT2D eigenvalue weighted by Crippen LogP contribution is -2.17. The number of aryl methyl sites for hydroxylation is 2. The van der Waals surface area contributed by atoms with Crippen molar-refractivity contribution in [2.24, 2.45) is 0 Å². The fourth-order valence-corrected chi connectivity index (χ4v) is 2.78. The molecule has 0 aliphatic heterocycles. The first kappa shape index (κ1) is 17.3. The van der Waals surface area contributed by atoms with Crippen molar-refractivity contribution in [3.63, 3.8) is 0 Å². The monoisotopic (exact) mass is 333 g/mol. The maximum Gasteiger partial charge on any atom is 0.234 e. The first-order valence-electron chi connectivity index (χ1n) is 7.85. The van der Waals surface area contributed by atoms with Gasteiger partial charge in [0.25, 0.3) is 0 Å². The lowest BCUT2D eigenvalue weighted by molar-refractivity contribution is -0.113. The van der Waals surface area contributed by atoms with Crippen LogP contribution in [0.5, 0.6) is 0 Å². The van der Waals surface area contributed by atoms with Crippen molar-refractivity contribution in [3.8, 4) is 0 Å². The van der Waals surface area contributed by atoms with Crippen LogP contribution in [0.3, 0.4) is 0 Å². The topological polar surface area (TPSA) is 85.8 Å². The zero-order valence-corrected chi connectivity index (χ0v) is 14.4. The number of thioether (sulfide) groups is 1. The van der Waals surface area contributed by atoms with Gasteiger partial charge in [-0.3, -0.25) is 4.79 Å². The normalized spacial score (nSPS) is 10.7. The second-order valence-electron chi connectivity index (χ2n) is 5.26. The molecule has 0 aliphatic rings. The highest BCUT2D eigenvalue weighted by atomic mass is 32.2. The Morgan fingerprint density at radius 1 is 1.26 bits per heavy atom. The summed E-state index contributed by atoms with van der Waals surface area (Å²) in [6, 6.07) is 7.99. The predicted octanol–water partition coefficient (Wildman–Crippen LogP) is 2.63. The zero-order chi connectivity index (χ0) is 16.7. The number of benzene rings is 1. The summed E-state index contributed by atoms with van der Waals surface area (Å²) in [6.07, 6.45) is 4.15. The Balaban J connectivity index is 1.83. The molecule has 0 unspecified atom stereocenters. The van der Waals surface area contributed by atoms with Gasteiger partial charge in [0, 0.05) is 12.1 Å². The highest BCUT2D eigenvalue weighted by Gasteiger charge is 2.11. The minimum absolute atomic E-state index is 0.0858. The van der Waals surface area contributed by atoms with Gasteiger partial charge in [0.15, 0.2) is 5.82 Å². The van der Waals surface area contributed by atoms with Crippen molar-refractivity contribution >= 4 is 23.4 Å². The molecule has 0 bridgehead atoms. The summed E-state index contributed by atoms with van der Waals surface area (Å²) in [4.78, 5) is 12.0. The highest BCUT2D eigenvalue weighted by Crippen LogP contribution is 2.16. The average molecular weight is 333 g/mol. The van der Waals surface area contributed by atoms with Crippen molar-refractivity contribution < 1.29 is 4.79 Å². The number of nitrogen functional groups attached to an aromatic ring is 1. The summed E-state index contributed by atoms with van der Waals surface area (Å²) in [6.45, 7) is 4.14. The first-order valence-corrected chi connectivity index (χ1v) is 8.83. The lowest BCUT2D eigenvalue weighted by atomic mass is 10.1. The highest BCUT2D eigenvalue weighted by molar-refractivity contribution is 7.99. The van der Waals surface area contributed by atoms with Crippen LogP contribution in [-0.2, 0) is 17.6 Å². The smallest absolute Gasteiger partial charge is 0.234 e. The minimum atomic E-state index is -0.0858. The standard InChI is InChI=1S/C16H23N5OS/c1-3-5-6-12-7-9-13(10-8-12)18-15(22)11-23-16-20-19-14(4-2)21(16)17/h7-10H,3-6,11,17H2,1-2H3,(H,18,22). The fourth-order valence-electron chi connectivity index (χ4n) is 2.11. The molecule has 1 heterocycles. The van der Waals surface area contributed by atoms with E-state index in [1.165, 1.54) is 34.8 Å². The van der Waals surface area contributed by atoms with E-state index in [4.69, 9.17) is 5.84 Å². The number of unbranched alkanes of at least 4 members (excludes halogenated alkanes) is 1. The largest absolute Gasteiger partial charge is 0.336 e. The van der Waals surface area contributed by atoms with E-state index >= 15 is 0 Å². The lowest BCUT2D eigenvalue weighted by Gasteiger charge is -2.06. The van der Waals surface area contributed by atoms with Crippen molar-refractivity contribution in [2.75, 3.05) is 16.9 Å². The van der Waals surface area contributed by atoms with Gasteiger partial charge in [0.2, 0.25) is 11.1 Å². The molecule has 1 aromatic carbocycles. The number of anilines is 1. The Morgan fingerprint density at radius 3 is 2.61 bits per heavy atom. The Morgan fingerprint density at radius 2 is 2.00 bits per heavy atom. The molecule has 6 nitrogen and oxygen atoms in total. The SMILES string of the molecule is CCCCc1ccc(NC(=O)CSc2nnc(CC)n2N)cc1. The number of nitrogens with two attached hydrogens (primary N) is 1. The van der Waals surface area contributed by atoms with Crippen LogP contribution in [0.4, 0.5) is 5.69 Å². The van der Waals surface area contributed by atoms with Crippen LogP contribution in [-0.4, -0.2) is 26.5 Å². The van der Waals surface area contributed by atoms with E-state index in [2.05, 4.69) is 34.6 Å². The number of aromatic nitrogens is 3. The van der Waals surface area contributed by atoms with Gasteiger partial charge in [-0.05, 0) is 30.5 Å². The number of carbonyl (C=O) groups excluding carboxylic acids is 1. The van der Waals surface area contributed by atoms with Crippen LogP contribution in [0.1, 0.15) is 38.1 Å². The second kappa shape index (κ2) is 8.57. The van der Waals surface area contributed by atoms with E-state index in [9.17, 15) is 4.79 Å². The average Bonchev–Trinajstić information content (AvgIpc) is 2.92. The summed E-state index contributed by atoms with van der Waals surface area (Å²) >= 11 is 1.28. The summed E-state index contributed by atoms with van der Waals surface area (Å²) in [5, 5.41) is 11.4. The molecule has 0 saturated carbocycles. The third kappa shape index (κ3) is 4.99. The quantitative estimate of drug-likeness (QED) is 0.573. The molecule has 0 radical (unpaired) electrons. The maximum atomic E-state index is 12.0. The number of carbonyl (C=O) groups is 1. The Labute approximate surface area is 140 Å². The number of hydrogen-bond acceptors (Lipinski definition) is 5. The zero-order valence-electron chi connectivity index (χ0n) is 13.6. The molecule has 7 heteroatoms. The molecule has 0 saturated heterocycles. The summed E-state index contributed by atoms with van der Waals surface area (Å²) in [5.41, 5.74) is 2.10. The fraction of sp³-hybridized carbons (Fsp3) is 0.438. The molecule has 0 fully saturated rings. The molecule has 3 N–H and O–H groups in total. The van der Waals surface area contributed by atoms with Crippen LogP contribution in [0, 0.1) is 0 Å². The predicted molar refractivity (Wildman–Crippen MR) is 94.0 cm³/mol. The minimum Gasteiger partial charge on any atom is -0.336 e. The van der Waals surface area contributed by atoms with Crippen molar-refractivity contribution in [1.82, 2.24) is 14.9 Å². The molecule has 2 aromatic rings. The van der Waals surface area contributed by atoms with Crippen molar-refractivity contribution in [1.29, 1.82) is 0 Å². The van der Waals surface area contributed by atoms with E-state index < -0.39 is 0 Å². The Bertz CT molecular complexity index is 638. The van der Waals surface area contributed by atoms with Gasteiger partial charge in [-0.1, -0.05) is 44.2 Å². The summed E-state index contributed by atoms with van der Waals surface area (Å²) in [7, 11) is 0. The molecule has 1 aromatic heterocycles. The van der Waals surface area contributed by atoms with E-state index in [1.54, 1.807) is 0 Å². The van der Waals surface area contributed by atoms with E-state index in [0.29, 0.717) is 17.4 Å². The van der Waals surface area contributed by atoms with E-state index in [0.717, 1.165) is 12.1 Å². The van der Waals surface area contributed by atoms with Gasteiger partial charge in [-0.25, -0.2) is 4.68 Å². The van der Waals surface area contributed by atoms with Crippen LogP contribution < -0.4 is 11.2 Å². The molecular weight excluding hydrogens is 310 g/mol.